The first-order chi connectivity index (χ1) is 7.58. The molecule has 0 aliphatic heterocycles. The zero-order chi connectivity index (χ0) is 12.1. The number of benzene rings is 1. The summed E-state index contributed by atoms with van der Waals surface area (Å²) in [5.74, 6) is 0.458. The summed E-state index contributed by atoms with van der Waals surface area (Å²) >= 11 is 0. The van der Waals surface area contributed by atoms with Crippen LogP contribution in [-0.4, -0.2) is 25.3 Å². The maximum absolute atomic E-state index is 10.6. The highest BCUT2D eigenvalue weighted by Gasteiger charge is 2.15. The van der Waals surface area contributed by atoms with Crippen molar-refractivity contribution >= 4 is 5.97 Å². The number of rotatable bonds is 5. The number of methoxy groups -OCH3 is 2. The van der Waals surface area contributed by atoms with E-state index >= 15 is 0 Å². The molecule has 16 heavy (non-hydrogen) atoms. The highest BCUT2D eigenvalue weighted by Crippen LogP contribution is 2.31. The molecule has 88 valence electrons. The summed E-state index contributed by atoms with van der Waals surface area (Å²) in [6, 6.07) is 5.40. The highest BCUT2D eigenvalue weighted by atomic mass is 16.5. The molecule has 0 heterocycles. The van der Waals surface area contributed by atoms with E-state index in [0.29, 0.717) is 11.5 Å². The van der Waals surface area contributed by atoms with Crippen LogP contribution in [0.3, 0.4) is 0 Å². The second-order valence-electron chi connectivity index (χ2n) is 3.61. The van der Waals surface area contributed by atoms with Crippen LogP contribution in [0.2, 0.25) is 0 Å². The summed E-state index contributed by atoms with van der Waals surface area (Å²) < 4.78 is 10.3. The van der Waals surface area contributed by atoms with Crippen LogP contribution in [0.15, 0.2) is 18.2 Å². The van der Waals surface area contributed by atoms with Crippen LogP contribution in [0.1, 0.15) is 24.8 Å². The van der Waals surface area contributed by atoms with E-state index in [1.54, 1.807) is 26.4 Å². The molecule has 1 atom stereocenters. The van der Waals surface area contributed by atoms with Crippen molar-refractivity contribution in [1.29, 1.82) is 0 Å². The van der Waals surface area contributed by atoms with Gasteiger partial charge < -0.3 is 14.6 Å². The van der Waals surface area contributed by atoms with Gasteiger partial charge in [-0.3, -0.25) is 4.79 Å². The molecule has 4 heteroatoms. The van der Waals surface area contributed by atoms with E-state index in [9.17, 15) is 4.79 Å². The monoisotopic (exact) mass is 224 g/mol. The third-order valence-corrected chi connectivity index (χ3v) is 2.45. The maximum atomic E-state index is 10.6. The molecule has 1 rings (SSSR count). The van der Waals surface area contributed by atoms with Gasteiger partial charge in [-0.25, -0.2) is 0 Å². The van der Waals surface area contributed by atoms with Crippen molar-refractivity contribution < 1.29 is 19.4 Å². The Morgan fingerprint density at radius 2 is 2.06 bits per heavy atom. The fourth-order valence-corrected chi connectivity index (χ4v) is 1.60. The van der Waals surface area contributed by atoms with Gasteiger partial charge in [0.25, 0.3) is 0 Å². The quantitative estimate of drug-likeness (QED) is 0.833. The van der Waals surface area contributed by atoms with Crippen molar-refractivity contribution in [3.05, 3.63) is 23.8 Å². The molecule has 0 unspecified atom stereocenters. The number of aliphatic carboxylic acids is 1. The molecule has 0 bridgehead atoms. The number of hydrogen-bond acceptors (Lipinski definition) is 3. The molecule has 0 aliphatic rings. The van der Waals surface area contributed by atoms with Gasteiger partial charge in [-0.2, -0.15) is 0 Å². The number of ether oxygens (including phenoxy) is 2. The molecule has 0 saturated heterocycles. The van der Waals surface area contributed by atoms with Crippen molar-refractivity contribution in [2.24, 2.45) is 0 Å². The second-order valence-corrected chi connectivity index (χ2v) is 3.61. The Bertz CT molecular complexity index is 373. The molecule has 1 N–H and O–H groups in total. The van der Waals surface area contributed by atoms with Crippen molar-refractivity contribution in [2.75, 3.05) is 14.2 Å². The van der Waals surface area contributed by atoms with Gasteiger partial charge in [-0.1, -0.05) is 13.0 Å². The fraction of sp³-hybridized carbons (Fsp3) is 0.417. The number of carboxylic acids is 1. The molecular formula is C12H16O4. The van der Waals surface area contributed by atoms with Crippen LogP contribution in [0.5, 0.6) is 11.5 Å². The smallest absolute Gasteiger partial charge is 0.303 e. The largest absolute Gasteiger partial charge is 0.497 e. The lowest BCUT2D eigenvalue weighted by molar-refractivity contribution is -0.137. The van der Waals surface area contributed by atoms with Crippen LogP contribution in [-0.2, 0) is 4.79 Å². The minimum Gasteiger partial charge on any atom is -0.497 e. The normalized spacial score (nSPS) is 11.9. The van der Waals surface area contributed by atoms with Gasteiger partial charge in [0.2, 0.25) is 0 Å². The zero-order valence-corrected chi connectivity index (χ0v) is 9.69. The summed E-state index contributed by atoms with van der Waals surface area (Å²) in [6.45, 7) is 1.86. The summed E-state index contributed by atoms with van der Waals surface area (Å²) in [5, 5.41) is 8.74. The van der Waals surface area contributed by atoms with E-state index in [2.05, 4.69) is 0 Å². The van der Waals surface area contributed by atoms with Gasteiger partial charge in [-0.05, 0) is 17.5 Å². The third-order valence-electron chi connectivity index (χ3n) is 2.45. The van der Waals surface area contributed by atoms with Crippen molar-refractivity contribution in [3.63, 3.8) is 0 Å². The highest BCUT2D eigenvalue weighted by molar-refractivity contribution is 5.68. The lowest BCUT2D eigenvalue weighted by atomic mass is 9.97. The van der Waals surface area contributed by atoms with Crippen LogP contribution < -0.4 is 9.47 Å². The topological polar surface area (TPSA) is 55.8 Å². The lowest BCUT2D eigenvalue weighted by Gasteiger charge is -2.14. The standard InChI is InChI=1S/C12H16O4/c1-8(6-12(13)14)10-5-4-9(15-2)7-11(10)16-3/h4-5,7-8H,6H2,1-3H3,(H,13,14)/t8-/m0/s1. The number of carboxylic acid groups (broad SMARTS) is 1. The molecule has 0 aromatic heterocycles. The summed E-state index contributed by atoms with van der Waals surface area (Å²) in [6.07, 6.45) is 0.0860. The number of carbonyl (C=O) groups is 1. The predicted molar refractivity (Wildman–Crippen MR) is 60.2 cm³/mol. The average molecular weight is 224 g/mol. The van der Waals surface area contributed by atoms with Gasteiger partial charge >= 0.3 is 5.97 Å². The third kappa shape index (κ3) is 2.89. The molecular weight excluding hydrogens is 208 g/mol. The SMILES string of the molecule is COc1ccc([C@@H](C)CC(=O)O)c(OC)c1. The molecule has 0 fully saturated rings. The van der Waals surface area contributed by atoms with E-state index in [-0.39, 0.29) is 12.3 Å². The minimum atomic E-state index is -0.814. The molecule has 0 spiro atoms. The van der Waals surface area contributed by atoms with Gasteiger partial charge in [0.05, 0.1) is 20.6 Å². The van der Waals surface area contributed by atoms with Crippen LogP contribution in [0.4, 0.5) is 0 Å². The van der Waals surface area contributed by atoms with E-state index in [1.807, 2.05) is 13.0 Å². The molecule has 0 amide bonds. The van der Waals surface area contributed by atoms with Crippen LogP contribution >= 0.6 is 0 Å². The maximum Gasteiger partial charge on any atom is 0.303 e. The minimum absolute atomic E-state index is 0.0849. The summed E-state index contributed by atoms with van der Waals surface area (Å²) in [4.78, 5) is 10.6. The number of hydrogen-bond donors (Lipinski definition) is 1. The average Bonchev–Trinajstić information content (AvgIpc) is 2.27. The van der Waals surface area contributed by atoms with Gasteiger partial charge in [0, 0.05) is 6.07 Å². The molecule has 1 aromatic carbocycles. The second kappa shape index (κ2) is 5.39. The Morgan fingerprint density at radius 1 is 1.38 bits per heavy atom. The van der Waals surface area contributed by atoms with E-state index in [0.717, 1.165) is 5.56 Å². The van der Waals surface area contributed by atoms with Crippen molar-refractivity contribution in [1.82, 2.24) is 0 Å². The first-order valence-corrected chi connectivity index (χ1v) is 5.02. The molecule has 1 aromatic rings. The predicted octanol–water partition coefficient (Wildman–Crippen LogP) is 2.28. The first kappa shape index (κ1) is 12.4. The molecule has 0 aliphatic carbocycles. The molecule has 0 saturated carbocycles. The Kier molecular flexibility index (Phi) is 4.17. The first-order valence-electron chi connectivity index (χ1n) is 5.02. The van der Waals surface area contributed by atoms with E-state index in [1.165, 1.54) is 0 Å². The molecule has 4 nitrogen and oxygen atoms in total. The van der Waals surface area contributed by atoms with E-state index < -0.39 is 5.97 Å². The Labute approximate surface area is 94.8 Å². The van der Waals surface area contributed by atoms with Crippen molar-refractivity contribution in [2.45, 2.75) is 19.3 Å². The molecule has 0 radical (unpaired) electrons. The van der Waals surface area contributed by atoms with Crippen molar-refractivity contribution in [3.8, 4) is 11.5 Å². The van der Waals surface area contributed by atoms with Gasteiger partial charge in [0.15, 0.2) is 0 Å². The van der Waals surface area contributed by atoms with Crippen LogP contribution in [0, 0.1) is 0 Å². The fourth-order valence-electron chi connectivity index (χ4n) is 1.60. The zero-order valence-electron chi connectivity index (χ0n) is 9.69. The summed E-state index contributed by atoms with van der Waals surface area (Å²) in [7, 11) is 3.14. The van der Waals surface area contributed by atoms with Crippen LogP contribution in [0.25, 0.3) is 0 Å². The Balaban J connectivity index is 2.98. The summed E-state index contributed by atoms with van der Waals surface area (Å²) in [5.41, 5.74) is 0.880. The van der Waals surface area contributed by atoms with Gasteiger partial charge in [0.1, 0.15) is 11.5 Å². The van der Waals surface area contributed by atoms with Gasteiger partial charge in [-0.15, -0.1) is 0 Å². The Morgan fingerprint density at radius 3 is 2.56 bits per heavy atom. The lowest BCUT2D eigenvalue weighted by Crippen LogP contribution is -2.04. The Hall–Kier alpha value is -1.71. The van der Waals surface area contributed by atoms with E-state index in [4.69, 9.17) is 14.6 Å².